The first-order valence-corrected chi connectivity index (χ1v) is 11.5. The van der Waals surface area contributed by atoms with Gasteiger partial charge in [-0.05, 0) is 49.7 Å². The summed E-state index contributed by atoms with van der Waals surface area (Å²) in [6.07, 6.45) is -0.489. The van der Waals surface area contributed by atoms with E-state index in [9.17, 15) is 18.3 Å². The summed E-state index contributed by atoms with van der Waals surface area (Å²) in [7, 11) is -2.46. The first kappa shape index (κ1) is 23.3. The van der Waals surface area contributed by atoms with Gasteiger partial charge in [-0.15, -0.1) is 0 Å². The van der Waals surface area contributed by atoms with Crippen LogP contribution in [0.15, 0.2) is 41.3 Å². The van der Waals surface area contributed by atoms with Crippen molar-refractivity contribution in [3.8, 4) is 11.5 Å². The number of morpholine rings is 1. The molecule has 0 aliphatic carbocycles. The van der Waals surface area contributed by atoms with Crippen molar-refractivity contribution in [1.29, 1.82) is 0 Å². The topological polar surface area (TPSA) is 105 Å². The number of aromatic hydroxyl groups is 1. The fraction of sp³-hybridized carbons (Fsp3) is 0.381. The Morgan fingerprint density at radius 1 is 1.23 bits per heavy atom. The van der Waals surface area contributed by atoms with E-state index in [4.69, 9.17) is 21.1 Å². The zero-order valence-electron chi connectivity index (χ0n) is 17.5. The molecule has 2 aromatic carbocycles. The lowest BCUT2D eigenvalue weighted by molar-refractivity contribution is -0.0440. The molecule has 8 nitrogen and oxygen atoms in total. The van der Waals surface area contributed by atoms with E-state index in [-0.39, 0.29) is 53.1 Å². The SMILES string of the molecule is COc1cc(CNC(=O)c2ccc(Cl)c(S(=O)(=O)N3CC(C)OC(C)C3)c2)ccc1O. The molecule has 2 unspecified atom stereocenters. The average molecular weight is 469 g/mol. The van der Waals surface area contributed by atoms with E-state index >= 15 is 0 Å². The van der Waals surface area contributed by atoms with Crippen LogP contribution in [0.2, 0.25) is 5.02 Å². The minimum Gasteiger partial charge on any atom is -0.504 e. The maximum absolute atomic E-state index is 13.2. The molecule has 0 radical (unpaired) electrons. The number of nitrogens with one attached hydrogen (secondary N) is 1. The van der Waals surface area contributed by atoms with Crippen LogP contribution in [0.25, 0.3) is 0 Å². The molecular formula is C21H25ClN2O6S. The molecule has 31 heavy (non-hydrogen) atoms. The summed E-state index contributed by atoms with van der Waals surface area (Å²) < 4.78 is 38.3. The van der Waals surface area contributed by atoms with Gasteiger partial charge in [-0.3, -0.25) is 4.79 Å². The van der Waals surface area contributed by atoms with Crippen molar-refractivity contribution in [1.82, 2.24) is 9.62 Å². The van der Waals surface area contributed by atoms with Gasteiger partial charge in [0.05, 0.1) is 24.3 Å². The highest BCUT2D eigenvalue weighted by molar-refractivity contribution is 7.89. The Bertz CT molecular complexity index is 1070. The van der Waals surface area contributed by atoms with E-state index in [1.165, 1.54) is 35.7 Å². The molecule has 0 bridgehead atoms. The molecule has 10 heteroatoms. The maximum atomic E-state index is 13.2. The molecule has 2 aromatic rings. The summed E-state index contributed by atoms with van der Waals surface area (Å²) in [6, 6.07) is 8.89. The third-order valence-corrected chi connectivity index (χ3v) is 7.21. The van der Waals surface area contributed by atoms with Crippen LogP contribution in [0.1, 0.15) is 29.8 Å². The number of sulfonamides is 1. The molecule has 1 heterocycles. The van der Waals surface area contributed by atoms with Crippen molar-refractivity contribution in [2.24, 2.45) is 0 Å². The van der Waals surface area contributed by atoms with Crippen LogP contribution >= 0.6 is 11.6 Å². The number of halogens is 1. The van der Waals surface area contributed by atoms with Crippen molar-refractivity contribution in [2.75, 3.05) is 20.2 Å². The minimum absolute atomic E-state index is 0.00289. The second kappa shape index (κ2) is 9.44. The molecule has 0 saturated carbocycles. The van der Waals surface area contributed by atoms with E-state index in [0.29, 0.717) is 11.3 Å². The summed E-state index contributed by atoms with van der Waals surface area (Å²) >= 11 is 6.19. The fourth-order valence-corrected chi connectivity index (χ4v) is 5.52. The fourth-order valence-electron chi connectivity index (χ4n) is 3.42. The molecule has 1 amide bonds. The quantitative estimate of drug-likeness (QED) is 0.675. The van der Waals surface area contributed by atoms with Gasteiger partial charge in [0, 0.05) is 25.2 Å². The smallest absolute Gasteiger partial charge is 0.251 e. The van der Waals surface area contributed by atoms with Gasteiger partial charge < -0.3 is 19.9 Å². The first-order valence-electron chi connectivity index (χ1n) is 9.71. The Morgan fingerprint density at radius 2 is 1.90 bits per heavy atom. The molecule has 1 fully saturated rings. The van der Waals surface area contributed by atoms with Gasteiger partial charge in [0.1, 0.15) is 4.90 Å². The normalized spacial score (nSPS) is 19.7. The zero-order valence-corrected chi connectivity index (χ0v) is 19.0. The van der Waals surface area contributed by atoms with Crippen molar-refractivity contribution in [3.63, 3.8) is 0 Å². The largest absolute Gasteiger partial charge is 0.504 e. The molecule has 3 rings (SSSR count). The second-order valence-corrected chi connectivity index (χ2v) is 9.73. The molecule has 0 spiro atoms. The van der Waals surface area contributed by atoms with Gasteiger partial charge in [0.25, 0.3) is 5.91 Å². The standard InChI is InChI=1S/C21H25ClN2O6S/c1-13-11-24(12-14(2)30-13)31(27,28)20-9-16(5-6-17(20)22)21(26)23-10-15-4-7-18(25)19(8-15)29-3/h4-9,13-14,25H,10-12H2,1-3H3,(H,23,26). The highest BCUT2D eigenvalue weighted by Gasteiger charge is 2.33. The van der Waals surface area contributed by atoms with Crippen molar-refractivity contribution in [3.05, 3.63) is 52.5 Å². The van der Waals surface area contributed by atoms with Crippen molar-refractivity contribution in [2.45, 2.75) is 37.5 Å². The molecule has 168 valence electrons. The van der Waals surface area contributed by atoms with Crippen LogP contribution in [0, 0.1) is 0 Å². The van der Waals surface area contributed by atoms with Crippen LogP contribution in [0.4, 0.5) is 0 Å². The summed E-state index contributed by atoms with van der Waals surface area (Å²) in [5.41, 5.74) is 0.879. The molecule has 2 N–H and O–H groups in total. The minimum atomic E-state index is -3.90. The third kappa shape index (κ3) is 5.30. The van der Waals surface area contributed by atoms with E-state index in [1.807, 2.05) is 13.8 Å². The summed E-state index contributed by atoms with van der Waals surface area (Å²) in [5.74, 6) is -0.165. The van der Waals surface area contributed by atoms with E-state index in [2.05, 4.69) is 5.32 Å². The Balaban J connectivity index is 1.79. The highest BCUT2D eigenvalue weighted by atomic mass is 35.5. The summed E-state index contributed by atoms with van der Waals surface area (Å²) in [4.78, 5) is 12.5. The average Bonchev–Trinajstić information content (AvgIpc) is 2.72. The number of methoxy groups -OCH3 is 1. The number of rotatable bonds is 6. The third-order valence-electron chi connectivity index (χ3n) is 4.89. The van der Waals surface area contributed by atoms with E-state index < -0.39 is 15.9 Å². The Morgan fingerprint density at radius 3 is 2.55 bits per heavy atom. The lowest BCUT2D eigenvalue weighted by atomic mass is 10.1. The van der Waals surface area contributed by atoms with E-state index in [0.717, 1.165) is 0 Å². The molecule has 1 saturated heterocycles. The van der Waals surface area contributed by atoms with Crippen LogP contribution in [-0.4, -0.2) is 56.1 Å². The van der Waals surface area contributed by atoms with E-state index in [1.54, 1.807) is 12.1 Å². The summed E-state index contributed by atoms with van der Waals surface area (Å²) in [6.45, 7) is 4.20. The lowest BCUT2D eigenvalue weighted by Gasteiger charge is -2.34. The number of benzene rings is 2. The van der Waals surface area contributed by atoms with Crippen LogP contribution in [-0.2, 0) is 21.3 Å². The Labute approximate surface area is 186 Å². The first-order chi connectivity index (χ1) is 14.6. The van der Waals surface area contributed by atoms with Gasteiger partial charge in [-0.1, -0.05) is 17.7 Å². The number of hydrogen-bond acceptors (Lipinski definition) is 6. The number of phenolic OH excluding ortho intramolecular Hbond substituents is 1. The molecule has 1 aliphatic rings. The lowest BCUT2D eigenvalue weighted by Crippen LogP contribution is -2.48. The number of ether oxygens (including phenoxy) is 2. The molecule has 2 atom stereocenters. The predicted molar refractivity (Wildman–Crippen MR) is 116 cm³/mol. The second-order valence-electron chi connectivity index (χ2n) is 7.41. The molecule has 0 aromatic heterocycles. The number of amides is 1. The number of hydrogen-bond donors (Lipinski definition) is 2. The monoisotopic (exact) mass is 468 g/mol. The number of carbonyl (C=O) groups excluding carboxylic acids is 1. The maximum Gasteiger partial charge on any atom is 0.251 e. The highest BCUT2D eigenvalue weighted by Crippen LogP contribution is 2.29. The van der Waals surface area contributed by atoms with Gasteiger partial charge in [-0.25, -0.2) is 8.42 Å². The zero-order chi connectivity index (χ0) is 22.8. The van der Waals surface area contributed by atoms with Crippen LogP contribution in [0.5, 0.6) is 11.5 Å². The van der Waals surface area contributed by atoms with Crippen LogP contribution in [0.3, 0.4) is 0 Å². The molecule has 1 aliphatic heterocycles. The number of phenols is 1. The van der Waals surface area contributed by atoms with Gasteiger partial charge in [0.15, 0.2) is 11.5 Å². The Hall–Kier alpha value is -2.33. The Kier molecular flexibility index (Phi) is 7.10. The summed E-state index contributed by atoms with van der Waals surface area (Å²) in [5, 5.41) is 12.4. The number of carbonyl (C=O) groups is 1. The van der Waals surface area contributed by atoms with Crippen molar-refractivity contribution < 1.29 is 27.8 Å². The van der Waals surface area contributed by atoms with Gasteiger partial charge in [-0.2, -0.15) is 4.31 Å². The van der Waals surface area contributed by atoms with Gasteiger partial charge in [0.2, 0.25) is 10.0 Å². The van der Waals surface area contributed by atoms with Crippen molar-refractivity contribution >= 4 is 27.5 Å². The van der Waals surface area contributed by atoms with Gasteiger partial charge >= 0.3 is 0 Å². The number of nitrogens with zero attached hydrogens (tertiary/aromatic N) is 1. The predicted octanol–water partition coefficient (Wildman–Crippen LogP) is 2.78. The van der Waals surface area contributed by atoms with Crippen LogP contribution < -0.4 is 10.1 Å². The molecular weight excluding hydrogens is 444 g/mol.